The van der Waals surface area contributed by atoms with E-state index < -0.39 is 10.0 Å². The molecule has 2 aromatic rings. The lowest BCUT2D eigenvalue weighted by molar-refractivity contribution is 0.102. The Labute approximate surface area is 187 Å². The summed E-state index contributed by atoms with van der Waals surface area (Å²) in [6, 6.07) is 8.32. The predicted molar refractivity (Wildman–Crippen MR) is 122 cm³/mol. The Bertz CT molecular complexity index is 1120. The first-order chi connectivity index (χ1) is 14.8. The zero-order valence-corrected chi connectivity index (χ0v) is 19.5. The largest absolute Gasteiger partial charge is 0.312 e. The van der Waals surface area contributed by atoms with Crippen molar-refractivity contribution < 1.29 is 13.2 Å². The van der Waals surface area contributed by atoms with Gasteiger partial charge in [-0.15, -0.1) is 11.3 Å². The van der Waals surface area contributed by atoms with E-state index in [0.717, 1.165) is 37.7 Å². The fourth-order valence-electron chi connectivity index (χ4n) is 4.29. The number of fused-ring (bicyclic) bond motifs is 1. The second-order valence-electron chi connectivity index (χ2n) is 8.73. The molecular formula is C23H27N3O3S2. The molecule has 2 heterocycles. The molecule has 1 aliphatic carbocycles. The van der Waals surface area contributed by atoms with E-state index in [2.05, 4.69) is 25.2 Å². The number of carbonyl (C=O) groups excluding carboxylic acids is 1. The molecule has 8 heteroatoms. The first-order valence-corrected chi connectivity index (χ1v) is 13.0. The summed E-state index contributed by atoms with van der Waals surface area (Å²) in [5.74, 6) is 0.791. The lowest BCUT2D eigenvalue weighted by Crippen LogP contribution is -2.37. The molecule has 1 unspecified atom stereocenters. The van der Waals surface area contributed by atoms with Gasteiger partial charge in [-0.1, -0.05) is 13.8 Å². The quantitative estimate of drug-likeness (QED) is 0.736. The summed E-state index contributed by atoms with van der Waals surface area (Å²) >= 11 is 1.48. The van der Waals surface area contributed by atoms with Crippen LogP contribution in [0.15, 0.2) is 29.2 Å². The SMILES string of the molecule is CC1CCN(S(=O)(=O)c2ccc(C(=O)Nc3sc4c(c3C#N)CCC(C)C4)cc2)CC1. The molecule has 1 aliphatic heterocycles. The van der Waals surface area contributed by atoms with E-state index in [1.807, 2.05) is 0 Å². The summed E-state index contributed by atoms with van der Waals surface area (Å²) in [5.41, 5.74) is 2.01. The van der Waals surface area contributed by atoms with Gasteiger partial charge in [0.2, 0.25) is 10.0 Å². The predicted octanol–water partition coefficient (Wildman–Crippen LogP) is 4.42. The summed E-state index contributed by atoms with van der Waals surface area (Å²) in [6.07, 6.45) is 4.59. The smallest absolute Gasteiger partial charge is 0.256 e. The van der Waals surface area contributed by atoms with E-state index in [1.54, 1.807) is 0 Å². The molecule has 31 heavy (non-hydrogen) atoms. The molecular weight excluding hydrogens is 430 g/mol. The van der Waals surface area contributed by atoms with Crippen LogP contribution in [-0.2, 0) is 22.9 Å². The zero-order valence-electron chi connectivity index (χ0n) is 17.8. The number of rotatable bonds is 4. The van der Waals surface area contributed by atoms with Crippen LogP contribution < -0.4 is 5.32 Å². The summed E-state index contributed by atoms with van der Waals surface area (Å²) < 4.78 is 27.3. The highest BCUT2D eigenvalue weighted by Gasteiger charge is 2.28. The Kier molecular flexibility index (Phi) is 6.20. The molecule has 1 fully saturated rings. The molecule has 0 spiro atoms. The van der Waals surface area contributed by atoms with Crippen molar-refractivity contribution in [2.75, 3.05) is 18.4 Å². The van der Waals surface area contributed by atoms with E-state index in [0.29, 0.717) is 41.1 Å². The van der Waals surface area contributed by atoms with Crippen LogP contribution in [0.25, 0.3) is 0 Å². The van der Waals surface area contributed by atoms with E-state index >= 15 is 0 Å². The molecule has 1 N–H and O–H groups in total. The van der Waals surface area contributed by atoms with Gasteiger partial charge in [-0.05, 0) is 73.8 Å². The minimum absolute atomic E-state index is 0.205. The molecule has 1 aromatic heterocycles. The molecule has 1 aromatic carbocycles. The van der Waals surface area contributed by atoms with E-state index in [9.17, 15) is 18.5 Å². The number of anilines is 1. The third-order valence-corrected chi connectivity index (χ3v) is 9.43. The van der Waals surface area contributed by atoms with Gasteiger partial charge < -0.3 is 5.32 Å². The lowest BCUT2D eigenvalue weighted by atomic mass is 9.88. The molecule has 4 rings (SSSR count). The Morgan fingerprint density at radius 3 is 2.45 bits per heavy atom. The van der Waals surface area contributed by atoms with Crippen molar-refractivity contribution in [3.63, 3.8) is 0 Å². The molecule has 164 valence electrons. The molecule has 1 saturated heterocycles. The first kappa shape index (κ1) is 22.0. The molecule has 6 nitrogen and oxygen atoms in total. The number of benzene rings is 1. The highest BCUT2D eigenvalue weighted by Crippen LogP contribution is 2.39. The normalized spacial score (nSPS) is 20.1. The fourth-order valence-corrected chi connectivity index (χ4v) is 7.11. The maximum atomic E-state index is 12.9. The standard InChI is InChI=1S/C23H27N3O3S2/c1-15-9-11-26(12-10-15)31(28,29)18-6-4-17(5-7-18)22(27)25-23-20(14-24)19-8-3-16(2)13-21(19)30-23/h4-7,15-16H,3,8-13H2,1-2H3,(H,25,27). The van der Waals surface area contributed by atoms with Crippen LogP contribution in [0.4, 0.5) is 5.00 Å². The summed E-state index contributed by atoms with van der Waals surface area (Å²) in [6.45, 7) is 5.40. The van der Waals surface area contributed by atoms with Crippen molar-refractivity contribution in [3.8, 4) is 6.07 Å². The number of nitrogens with one attached hydrogen (secondary N) is 1. The maximum absolute atomic E-state index is 12.9. The third-order valence-electron chi connectivity index (χ3n) is 6.35. The van der Waals surface area contributed by atoms with Crippen molar-refractivity contribution >= 4 is 32.3 Å². The second kappa shape index (κ2) is 8.73. The van der Waals surface area contributed by atoms with Gasteiger partial charge in [-0.3, -0.25) is 4.79 Å². The van der Waals surface area contributed by atoms with Crippen molar-refractivity contribution in [2.45, 2.75) is 50.8 Å². The number of hydrogen-bond donors (Lipinski definition) is 1. The lowest BCUT2D eigenvalue weighted by Gasteiger charge is -2.29. The van der Waals surface area contributed by atoms with E-state index in [1.165, 1.54) is 44.8 Å². The highest BCUT2D eigenvalue weighted by atomic mass is 32.2. The number of hydrogen-bond acceptors (Lipinski definition) is 5. The number of sulfonamides is 1. The van der Waals surface area contributed by atoms with Crippen LogP contribution in [0, 0.1) is 23.2 Å². The summed E-state index contributed by atoms with van der Waals surface area (Å²) in [7, 11) is -3.54. The van der Waals surface area contributed by atoms with Crippen LogP contribution >= 0.6 is 11.3 Å². The minimum atomic E-state index is -3.54. The van der Waals surface area contributed by atoms with Crippen LogP contribution in [0.3, 0.4) is 0 Å². The molecule has 1 atom stereocenters. The van der Waals surface area contributed by atoms with Gasteiger partial charge in [-0.25, -0.2) is 8.42 Å². The number of amides is 1. The molecule has 2 aliphatic rings. The molecule has 1 amide bonds. The van der Waals surface area contributed by atoms with Gasteiger partial charge >= 0.3 is 0 Å². The maximum Gasteiger partial charge on any atom is 0.256 e. The van der Waals surface area contributed by atoms with Gasteiger partial charge in [0.15, 0.2) is 0 Å². The number of carbonyl (C=O) groups is 1. The Morgan fingerprint density at radius 2 is 1.81 bits per heavy atom. The number of nitrogens with zero attached hydrogens (tertiary/aromatic N) is 2. The average Bonchev–Trinajstić information content (AvgIpc) is 3.09. The summed E-state index contributed by atoms with van der Waals surface area (Å²) in [4.78, 5) is 14.2. The number of piperidine rings is 1. The second-order valence-corrected chi connectivity index (χ2v) is 11.8. The number of nitriles is 1. The van der Waals surface area contributed by atoms with Gasteiger partial charge in [0.05, 0.1) is 10.5 Å². The minimum Gasteiger partial charge on any atom is -0.312 e. The van der Waals surface area contributed by atoms with Gasteiger partial charge in [0.1, 0.15) is 11.1 Å². The average molecular weight is 458 g/mol. The zero-order chi connectivity index (χ0) is 22.2. The van der Waals surface area contributed by atoms with Crippen molar-refractivity contribution in [1.29, 1.82) is 5.26 Å². The number of thiophene rings is 1. The van der Waals surface area contributed by atoms with Crippen LogP contribution in [0.1, 0.15) is 59.5 Å². The first-order valence-electron chi connectivity index (χ1n) is 10.8. The fraction of sp³-hybridized carbons (Fsp3) is 0.478. The van der Waals surface area contributed by atoms with Crippen molar-refractivity contribution in [3.05, 3.63) is 45.8 Å². The highest BCUT2D eigenvalue weighted by molar-refractivity contribution is 7.89. The Hall–Kier alpha value is -2.21. The van der Waals surface area contributed by atoms with Gasteiger partial charge in [0, 0.05) is 23.5 Å². The van der Waals surface area contributed by atoms with Gasteiger partial charge in [0.25, 0.3) is 5.91 Å². The molecule has 0 radical (unpaired) electrons. The molecule has 0 bridgehead atoms. The van der Waals surface area contributed by atoms with Crippen molar-refractivity contribution in [2.24, 2.45) is 11.8 Å². The molecule has 0 saturated carbocycles. The van der Waals surface area contributed by atoms with E-state index in [4.69, 9.17) is 0 Å². The Balaban J connectivity index is 1.50. The van der Waals surface area contributed by atoms with Crippen LogP contribution in [0.2, 0.25) is 0 Å². The van der Waals surface area contributed by atoms with Crippen molar-refractivity contribution in [1.82, 2.24) is 4.31 Å². The van der Waals surface area contributed by atoms with Gasteiger partial charge in [-0.2, -0.15) is 9.57 Å². The van der Waals surface area contributed by atoms with E-state index in [-0.39, 0.29) is 10.8 Å². The summed E-state index contributed by atoms with van der Waals surface area (Å²) in [5, 5.41) is 13.1. The van der Waals surface area contributed by atoms with Crippen LogP contribution in [-0.4, -0.2) is 31.7 Å². The Morgan fingerprint density at radius 1 is 1.13 bits per heavy atom. The monoisotopic (exact) mass is 457 g/mol. The van der Waals surface area contributed by atoms with Crippen LogP contribution in [0.5, 0.6) is 0 Å². The third kappa shape index (κ3) is 4.40. The topological polar surface area (TPSA) is 90.3 Å².